The molecular weight excluding hydrogens is 366 g/mol. The SMILES string of the molecule is Cc1nn(-c2ccccc2)nc1C(=O)N1CCC[C@@H]1c1nnc2n1CCCCC2. The van der Waals surface area contributed by atoms with Crippen LogP contribution in [0.4, 0.5) is 0 Å². The van der Waals surface area contributed by atoms with Gasteiger partial charge < -0.3 is 9.47 Å². The minimum absolute atomic E-state index is 0.0388. The van der Waals surface area contributed by atoms with E-state index in [0.29, 0.717) is 17.9 Å². The number of benzene rings is 1. The van der Waals surface area contributed by atoms with Crippen LogP contribution in [0, 0.1) is 6.92 Å². The van der Waals surface area contributed by atoms with E-state index in [2.05, 4.69) is 25.0 Å². The van der Waals surface area contributed by atoms with Gasteiger partial charge in [0.15, 0.2) is 11.5 Å². The first-order chi connectivity index (χ1) is 14.2. The van der Waals surface area contributed by atoms with Crippen LogP contribution in [-0.4, -0.2) is 47.1 Å². The third-order valence-electron chi connectivity index (χ3n) is 5.92. The molecule has 2 aromatic heterocycles. The summed E-state index contributed by atoms with van der Waals surface area (Å²) in [4.78, 5) is 16.9. The molecule has 1 saturated heterocycles. The number of carbonyl (C=O) groups is 1. The highest BCUT2D eigenvalue weighted by atomic mass is 16.2. The standard InChI is InChI=1S/C21H25N7O/c1-15-19(25-28(24-15)16-9-4-2-5-10-16)21(29)26-14-8-11-17(26)20-23-22-18-12-6-3-7-13-27(18)20/h2,4-5,9-10,17H,3,6-8,11-14H2,1H3/t17-/m1/s1. The number of fused-ring (bicyclic) bond motifs is 1. The Morgan fingerprint density at radius 1 is 1.00 bits per heavy atom. The maximum absolute atomic E-state index is 13.4. The number of aryl methyl sites for hydroxylation is 2. The second kappa shape index (κ2) is 7.42. The van der Waals surface area contributed by atoms with E-state index in [0.717, 1.165) is 56.0 Å². The van der Waals surface area contributed by atoms with Crippen LogP contribution in [-0.2, 0) is 13.0 Å². The zero-order chi connectivity index (χ0) is 19.8. The van der Waals surface area contributed by atoms with Crippen LogP contribution in [0.5, 0.6) is 0 Å². The molecule has 0 radical (unpaired) electrons. The molecular formula is C21H25N7O. The third-order valence-corrected chi connectivity index (χ3v) is 5.92. The van der Waals surface area contributed by atoms with Gasteiger partial charge in [0.1, 0.15) is 5.82 Å². The number of nitrogens with zero attached hydrogens (tertiary/aromatic N) is 7. The molecule has 0 bridgehead atoms. The van der Waals surface area contributed by atoms with Gasteiger partial charge in [-0.15, -0.1) is 15.3 Å². The predicted octanol–water partition coefficient (Wildman–Crippen LogP) is 2.87. The molecule has 0 saturated carbocycles. The van der Waals surface area contributed by atoms with Crippen LogP contribution in [0.25, 0.3) is 5.69 Å². The van der Waals surface area contributed by atoms with E-state index in [9.17, 15) is 4.79 Å². The first-order valence-corrected chi connectivity index (χ1v) is 10.4. The maximum Gasteiger partial charge on any atom is 0.276 e. The van der Waals surface area contributed by atoms with Crippen molar-refractivity contribution in [2.45, 2.75) is 58.0 Å². The average Bonchev–Trinajstić information content (AvgIpc) is 3.43. The van der Waals surface area contributed by atoms with Crippen molar-refractivity contribution < 1.29 is 4.79 Å². The quantitative estimate of drug-likeness (QED) is 0.686. The monoisotopic (exact) mass is 391 g/mol. The number of likely N-dealkylation sites (tertiary alicyclic amines) is 1. The Hall–Kier alpha value is -3.03. The highest BCUT2D eigenvalue weighted by Gasteiger charge is 2.36. The van der Waals surface area contributed by atoms with Crippen molar-refractivity contribution >= 4 is 5.91 Å². The molecule has 1 atom stereocenters. The lowest BCUT2D eigenvalue weighted by Crippen LogP contribution is -2.33. The fraction of sp³-hybridized carbons (Fsp3) is 0.476. The topological polar surface area (TPSA) is 81.7 Å². The van der Waals surface area contributed by atoms with E-state index in [1.165, 1.54) is 11.2 Å². The molecule has 3 aromatic rings. The lowest BCUT2D eigenvalue weighted by atomic mass is 10.2. The van der Waals surface area contributed by atoms with Crippen molar-refractivity contribution in [2.75, 3.05) is 6.54 Å². The van der Waals surface area contributed by atoms with Crippen LogP contribution >= 0.6 is 0 Å². The van der Waals surface area contributed by atoms with Gasteiger partial charge >= 0.3 is 0 Å². The second-order valence-electron chi connectivity index (χ2n) is 7.85. The van der Waals surface area contributed by atoms with Crippen molar-refractivity contribution in [2.24, 2.45) is 0 Å². The Balaban J connectivity index is 1.44. The van der Waals surface area contributed by atoms with E-state index in [4.69, 9.17) is 0 Å². The van der Waals surface area contributed by atoms with Gasteiger partial charge in [0, 0.05) is 19.5 Å². The molecule has 2 aliphatic heterocycles. The summed E-state index contributed by atoms with van der Waals surface area (Å²) in [7, 11) is 0. The van der Waals surface area contributed by atoms with Crippen LogP contribution < -0.4 is 0 Å². The van der Waals surface area contributed by atoms with E-state index in [1.54, 1.807) is 0 Å². The first kappa shape index (κ1) is 18.0. The van der Waals surface area contributed by atoms with E-state index in [-0.39, 0.29) is 11.9 Å². The molecule has 0 unspecified atom stereocenters. The second-order valence-corrected chi connectivity index (χ2v) is 7.85. The summed E-state index contributed by atoms with van der Waals surface area (Å²) in [6.45, 7) is 3.50. The molecule has 2 aliphatic rings. The summed E-state index contributed by atoms with van der Waals surface area (Å²) >= 11 is 0. The molecule has 4 heterocycles. The van der Waals surface area contributed by atoms with Crippen molar-refractivity contribution in [3.8, 4) is 5.69 Å². The van der Waals surface area contributed by atoms with Crippen molar-refractivity contribution in [3.05, 3.63) is 53.4 Å². The van der Waals surface area contributed by atoms with Gasteiger partial charge in [-0.2, -0.15) is 9.90 Å². The molecule has 8 nitrogen and oxygen atoms in total. The predicted molar refractivity (Wildman–Crippen MR) is 107 cm³/mol. The first-order valence-electron chi connectivity index (χ1n) is 10.4. The van der Waals surface area contributed by atoms with Crippen LogP contribution in [0.15, 0.2) is 30.3 Å². The summed E-state index contributed by atoms with van der Waals surface area (Å²) in [6, 6.07) is 9.63. The van der Waals surface area contributed by atoms with Gasteiger partial charge in [-0.1, -0.05) is 24.6 Å². The van der Waals surface area contributed by atoms with E-state index < -0.39 is 0 Å². The third kappa shape index (κ3) is 3.22. The normalized spacial score (nSPS) is 19.2. The van der Waals surface area contributed by atoms with E-state index >= 15 is 0 Å². The van der Waals surface area contributed by atoms with Crippen molar-refractivity contribution in [1.29, 1.82) is 0 Å². The smallest absolute Gasteiger partial charge is 0.276 e. The molecule has 1 amide bonds. The number of carbonyl (C=O) groups excluding carboxylic acids is 1. The molecule has 1 fully saturated rings. The zero-order valence-corrected chi connectivity index (χ0v) is 16.7. The highest BCUT2D eigenvalue weighted by Crippen LogP contribution is 2.33. The minimum atomic E-state index is -0.0712. The van der Waals surface area contributed by atoms with Gasteiger partial charge in [-0.25, -0.2) is 0 Å². The van der Waals surface area contributed by atoms with Gasteiger partial charge in [0.2, 0.25) is 0 Å². The molecule has 8 heteroatoms. The minimum Gasteiger partial charge on any atom is -0.327 e. The number of hydrogen-bond donors (Lipinski definition) is 0. The number of rotatable bonds is 3. The summed E-state index contributed by atoms with van der Waals surface area (Å²) < 4.78 is 2.25. The van der Waals surface area contributed by atoms with Crippen molar-refractivity contribution in [3.63, 3.8) is 0 Å². The molecule has 0 spiro atoms. The molecule has 0 N–H and O–H groups in total. The number of amides is 1. The average molecular weight is 391 g/mol. The van der Waals surface area contributed by atoms with Gasteiger partial charge in [0.25, 0.3) is 5.91 Å². The number of aromatic nitrogens is 6. The zero-order valence-electron chi connectivity index (χ0n) is 16.7. The molecule has 5 rings (SSSR count). The Morgan fingerprint density at radius 2 is 1.86 bits per heavy atom. The van der Waals surface area contributed by atoms with Gasteiger partial charge in [-0.3, -0.25) is 4.79 Å². The summed E-state index contributed by atoms with van der Waals surface area (Å²) in [6.07, 6.45) is 6.37. The summed E-state index contributed by atoms with van der Waals surface area (Å²) in [5.74, 6) is 1.92. The Morgan fingerprint density at radius 3 is 2.72 bits per heavy atom. The van der Waals surface area contributed by atoms with Crippen LogP contribution in [0.3, 0.4) is 0 Å². The molecule has 29 heavy (non-hydrogen) atoms. The molecule has 0 aliphatic carbocycles. The fourth-order valence-electron chi connectivity index (χ4n) is 4.42. The van der Waals surface area contributed by atoms with Gasteiger partial charge in [-0.05, 0) is 44.7 Å². The lowest BCUT2D eigenvalue weighted by molar-refractivity contribution is 0.0719. The summed E-state index contributed by atoms with van der Waals surface area (Å²) in [5.41, 5.74) is 1.90. The lowest BCUT2D eigenvalue weighted by Gasteiger charge is -2.24. The number of para-hydroxylation sites is 1. The van der Waals surface area contributed by atoms with Gasteiger partial charge in [0.05, 0.1) is 17.4 Å². The number of hydrogen-bond acceptors (Lipinski definition) is 5. The fourth-order valence-corrected chi connectivity index (χ4v) is 4.42. The molecule has 150 valence electrons. The van der Waals surface area contributed by atoms with E-state index in [1.807, 2.05) is 42.2 Å². The summed E-state index contributed by atoms with van der Waals surface area (Å²) in [5, 5.41) is 17.9. The Bertz CT molecular complexity index is 1020. The van der Waals surface area contributed by atoms with Crippen LogP contribution in [0.2, 0.25) is 0 Å². The highest BCUT2D eigenvalue weighted by molar-refractivity contribution is 5.93. The van der Waals surface area contributed by atoms with Crippen molar-refractivity contribution in [1.82, 2.24) is 34.7 Å². The molecule has 1 aromatic carbocycles. The Kier molecular flexibility index (Phi) is 4.61. The van der Waals surface area contributed by atoms with Crippen LogP contribution in [0.1, 0.15) is 66.0 Å². The maximum atomic E-state index is 13.4. The Labute approximate surface area is 169 Å². The largest absolute Gasteiger partial charge is 0.327 e.